The predicted octanol–water partition coefficient (Wildman–Crippen LogP) is 11.3. The van der Waals surface area contributed by atoms with Gasteiger partial charge in [0.25, 0.3) is 0 Å². The molecule has 5 amide bonds. The number of Topliss-reactive ketones (excluding diaryl/α,β-unsaturated/α-hetero) is 4. The largest absolute Gasteiger partial charge is 0.460 e. The quantitative estimate of drug-likeness (QED) is 0.0239. The second-order valence-corrected chi connectivity index (χ2v) is 28.7. The minimum atomic E-state index is -1.00. The SMILES string of the molecule is CC(CC(=O)C(C)NC(=O)OCC1c2ccccc2-c2ccccc21)C(=O)NC(C)C(=O)CC(C)C(=O)OC(C)(C)C.CC(CC(=O)C(C)NC(=O)OCC1c2ccccc2-c2ccccc21)C(=O)NC(C)C(=O)OC(C)(C)C.CC(N)C(=O)CC(C)C(=O)NC(C)C(=O)OC(C)(C)C.[2H]CF.[2H]CF. The number of halogens is 2. The molecule has 0 bridgehead atoms. The summed E-state index contributed by atoms with van der Waals surface area (Å²) in [5.74, 6) is -6.76. The van der Waals surface area contributed by atoms with Crippen LogP contribution >= 0.6 is 0 Å². The number of alkyl halides is 2. The van der Waals surface area contributed by atoms with Crippen molar-refractivity contribution in [2.45, 2.75) is 222 Å². The minimum absolute atomic E-state index is 0.0601. The highest BCUT2D eigenvalue weighted by molar-refractivity contribution is 5.96. The Balaban J connectivity index is 0.000000542. The molecule has 6 rings (SSSR count). The second kappa shape index (κ2) is 41.7. The number of ether oxygens (including phenoxy) is 5. The van der Waals surface area contributed by atoms with Gasteiger partial charge in [-0.1, -0.05) is 125 Å². The zero-order valence-electron chi connectivity index (χ0n) is 65.1. The number of rotatable bonds is 27. The number of carbonyl (C=O) groups excluding carboxylic acids is 12. The molecule has 0 fully saturated rings. The molecule has 0 aliphatic heterocycles. The van der Waals surface area contributed by atoms with Gasteiger partial charge in [-0.2, -0.15) is 0 Å². The van der Waals surface area contributed by atoms with E-state index < -0.39 is 133 Å². The van der Waals surface area contributed by atoms with Crippen molar-refractivity contribution in [2.24, 2.45) is 29.4 Å². The predicted molar refractivity (Wildman–Crippen MR) is 389 cm³/mol. The Morgan fingerprint density at radius 1 is 0.379 bits per heavy atom. The molecule has 0 aromatic heterocycles. The molecular weight excluding hydrogens is 1330 g/mol. The molecule has 25 heteroatoms. The summed E-state index contributed by atoms with van der Waals surface area (Å²) in [7, 11) is -2.00. The number of fused-ring (bicyclic) bond motifs is 6. The van der Waals surface area contributed by atoms with E-state index in [4.69, 9.17) is 32.2 Å². The monoisotopic (exact) mass is 1440 g/mol. The molecule has 0 saturated heterocycles. The summed E-state index contributed by atoms with van der Waals surface area (Å²) in [5, 5.41) is 12.9. The van der Waals surface area contributed by atoms with Gasteiger partial charge in [-0.15, -0.1) is 0 Å². The molecule has 103 heavy (non-hydrogen) atoms. The maximum atomic E-state index is 12.8. The molecule has 0 heterocycles. The van der Waals surface area contributed by atoms with Crippen LogP contribution in [-0.2, 0) is 71.6 Å². The fourth-order valence-corrected chi connectivity index (χ4v) is 10.5. The summed E-state index contributed by atoms with van der Waals surface area (Å²) >= 11 is 0. The highest BCUT2D eigenvalue weighted by atomic mass is 19.1. The summed E-state index contributed by atoms with van der Waals surface area (Å²) in [5.41, 5.74) is 12.4. The van der Waals surface area contributed by atoms with E-state index in [1.165, 1.54) is 13.8 Å². The van der Waals surface area contributed by atoms with E-state index in [0.717, 1.165) is 44.5 Å². The smallest absolute Gasteiger partial charge is 0.407 e. The number of carbonyl (C=O) groups is 12. The summed E-state index contributed by atoms with van der Waals surface area (Å²) < 4.78 is 57.7. The first-order chi connectivity index (χ1) is 48.8. The average Bonchev–Trinajstić information content (AvgIpc) is 1.62. The molecule has 10 atom stereocenters. The highest BCUT2D eigenvalue weighted by Crippen LogP contribution is 2.46. The van der Waals surface area contributed by atoms with Gasteiger partial charge in [-0.05, 0) is 148 Å². The summed E-state index contributed by atoms with van der Waals surface area (Å²) in [6.45, 7) is 31.7. The maximum Gasteiger partial charge on any atom is 0.407 e. The van der Waals surface area contributed by atoms with Gasteiger partial charge in [0.2, 0.25) is 17.7 Å². The van der Waals surface area contributed by atoms with Crippen molar-refractivity contribution >= 4 is 70.9 Å². The van der Waals surface area contributed by atoms with E-state index >= 15 is 0 Å². The number of amides is 5. The van der Waals surface area contributed by atoms with Crippen molar-refractivity contribution in [2.75, 3.05) is 27.5 Å². The molecule has 0 saturated carbocycles. The lowest BCUT2D eigenvalue weighted by molar-refractivity contribution is -0.160. The van der Waals surface area contributed by atoms with E-state index in [1.807, 2.05) is 84.9 Å². The van der Waals surface area contributed by atoms with E-state index in [-0.39, 0.29) is 79.8 Å². The van der Waals surface area contributed by atoms with Crippen molar-refractivity contribution in [3.63, 3.8) is 0 Å². The van der Waals surface area contributed by atoms with Crippen LogP contribution in [0, 0.1) is 23.7 Å². The molecular formula is C78H110F2N6O17. The fraction of sp³-hybridized carbons (Fsp3) is 0.538. The molecule has 4 aromatic carbocycles. The third-order valence-electron chi connectivity index (χ3n) is 16.1. The number of alkyl carbamates (subject to hydrolysis) is 2. The first kappa shape index (κ1) is 86.1. The number of hydrogen-bond acceptors (Lipinski definition) is 18. The minimum Gasteiger partial charge on any atom is -0.460 e. The van der Waals surface area contributed by atoms with Crippen molar-refractivity contribution < 1.29 is 92.7 Å². The molecule has 0 radical (unpaired) electrons. The van der Waals surface area contributed by atoms with Crippen LogP contribution in [-0.4, -0.2) is 152 Å². The Bertz CT molecular complexity index is 3520. The Morgan fingerprint density at radius 2 is 0.612 bits per heavy atom. The normalized spacial score (nSPS) is 15.1. The van der Waals surface area contributed by atoms with Crippen LogP contribution in [0.4, 0.5) is 18.4 Å². The van der Waals surface area contributed by atoms with Crippen molar-refractivity contribution in [3.8, 4) is 22.3 Å². The van der Waals surface area contributed by atoms with Crippen LogP contribution in [0.3, 0.4) is 0 Å². The molecule has 568 valence electrons. The maximum absolute atomic E-state index is 12.8. The lowest BCUT2D eigenvalue weighted by Crippen LogP contribution is -2.45. The summed E-state index contributed by atoms with van der Waals surface area (Å²) in [6, 6.07) is 27.3. The van der Waals surface area contributed by atoms with Crippen LogP contribution in [0.1, 0.15) is 194 Å². The van der Waals surface area contributed by atoms with Crippen LogP contribution in [0.2, 0.25) is 0 Å². The topological polar surface area (TPSA) is 337 Å². The van der Waals surface area contributed by atoms with Crippen molar-refractivity contribution in [3.05, 3.63) is 119 Å². The number of nitrogens with one attached hydrogen (secondary N) is 5. The van der Waals surface area contributed by atoms with Gasteiger partial charge in [-0.25, -0.2) is 19.2 Å². The number of benzene rings is 4. The van der Waals surface area contributed by atoms with E-state index in [9.17, 15) is 66.3 Å². The van der Waals surface area contributed by atoms with Crippen molar-refractivity contribution in [1.82, 2.24) is 26.6 Å². The number of nitrogens with two attached hydrogens (primary N) is 1. The number of esters is 3. The van der Waals surface area contributed by atoms with Crippen LogP contribution in [0.25, 0.3) is 22.3 Å². The Hall–Kier alpha value is -9.26. The first-order valence-electron chi connectivity index (χ1n) is 35.6. The zero-order chi connectivity index (χ0) is 80.0. The highest BCUT2D eigenvalue weighted by Gasteiger charge is 2.34. The molecule has 2 aliphatic rings. The lowest BCUT2D eigenvalue weighted by atomic mass is 9.98. The second-order valence-electron chi connectivity index (χ2n) is 28.7. The van der Waals surface area contributed by atoms with E-state index in [2.05, 4.69) is 38.7 Å². The van der Waals surface area contributed by atoms with Crippen LogP contribution in [0.5, 0.6) is 0 Å². The molecule has 0 spiro atoms. The van der Waals surface area contributed by atoms with Gasteiger partial charge >= 0.3 is 30.1 Å². The molecule has 4 aromatic rings. The van der Waals surface area contributed by atoms with E-state index in [1.54, 1.807) is 118 Å². The fourth-order valence-electron chi connectivity index (χ4n) is 10.5. The van der Waals surface area contributed by atoms with Gasteiger partial charge in [-0.3, -0.25) is 47.1 Å². The Kier molecular flexibility index (Phi) is 34.9. The summed E-state index contributed by atoms with van der Waals surface area (Å²) in [6.07, 6.45) is -1.66. The van der Waals surface area contributed by atoms with Crippen LogP contribution in [0.15, 0.2) is 97.1 Å². The van der Waals surface area contributed by atoms with Crippen LogP contribution < -0.4 is 32.3 Å². The third-order valence-corrected chi connectivity index (χ3v) is 16.1. The molecule has 23 nitrogen and oxygen atoms in total. The number of hydrogen-bond donors (Lipinski definition) is 6. The standard InChI is InChI=1S/C33H42N2O7.C29H36N2O6.C14H26N2O4.2CH3F/c1-19(30(38)34-21(3)29(37)17-20(2)31(39)42-33(5,6)7)16-28(36)22(4)35-32(40)41-18-27-25-14-10-8-12-23(25)24-13-9-11-15-26(24)27;1-17(26(33)30-19(3)27(34)37-29(4,5)6)15-25(32)18(2)31-28(35)36-16-24-22-13-9-7-11-20(22)21-12-8-10-14-23(21)24;1-8(7-11(17)9(2)15)12(18)16-10(3)13(19)20-14(4,5)6;2*1-2/h8-15,19-22,27H,16-18H2,1-7H3,(H,34,38)(H,35,40);7-14,17-19,24H,15-16H2,1-6H3,(H,30,33)(H,31,35);8-10H,7,15H2,1-6H3,(H,16,18);2*1H3/i;;;2*1D. The van der Waals surface area contributed by atoms with Gasteiger partial charge in [0.15, 0.2) is 17.3 Å². The van der Waals surface area contributed by atoms with E-state index in [0.29, 0.717) is 0 Å². The van der Waals surface area contributed by atoms with Gasteiger partial charge in [0.1, 0.15) is 47.9 Å². The Labute approximate surface area is 608 Å². The molecule has 10 unspecified atom stereocenters. The molecule has 7 N–H and O–H groups in total. The van der Waals surface area contributed by atoms with Gasteiger partial charge in [0, 0.05) is 55.3 Å². The van der Waals surface area contributed by atoms with Crippen molar-refractivity contribution in [1.29, 1.82) is 0 Å². The summed E-state index contributed by atoms with van der Waals surface area (Å²) in [4.78, 5) is 148. The van der Waals surface area contributed by atoms with Gasteiger partial charge in [0.05, 0.1) is 47.1 Å². The number of ketones is 4. The van der Waals surface area contributed by atoms with Gasteiger partial charge < -0.3 is 56.0 Å². The Morgan fingerprint density at radius 3 is 0.883 bits per heavy atom. The lowest BCUT2D eigenvalue weighted by Gasteiger charge is -2.23. The first-order valence-corrected chi connectivity index (χ1v) is 34.2. The third kappa shape index (κ3) is 29.9. The average molecular weight is 1440 g/mol. The molecule has 2 aliphatic carbocycles. The zero-order valence-corrected chi connectivity index (χ0v) is 63.1.